The Labute approximate surface area is 200 Å². The fourth-order valence-electron chi connectivity index (χ4n) is 5.37. The first-order valence-corrected chi connectivity index (χ1v) is 12.0. The van der Waals surface area contributed by atoms with Gasteiger partial charge < -0.3 is 20.1 Å². The number of ether oxygens (including phenoxy) is 1. The zero-order valence-electron chi connectivity index (χ0n) is 19.7. The lowest BCUT2D eigenvalue weighted by Crippen LogP contribution is -2.52. The summed E-state index contributed by atoms with van der Waals surface area (Å²) in [5, 5.41) is 11.8. The molecule has 4 rings (SSSR count). The van der Waals surface area contributed by atoms with Crippen LogP contribution in [0.2, 0.25) is 0 Å². The molecule has 1 fully saturated rings. The minimum atomic E-state index is -1.01. The van der Waals surface area contributed by atoms with Gasteiger partial charge in [0.1, 0.15) is 12.6 Å². The highest BCUT2D eigenvalue weighted by molar-refractivity contribution is 5.86. The van der Waals surface area contributed by atoms with Crippen LogP contribution in [0.15, 0.2) is 48.5 Å². The summed E-state index contributed by atoms with van der Waals surface area (Å²) in [5.41, 5.74) is 4.47. The van der Waals surface area contributed by atoms with Gasteiger partial charge in [-0.3, -0.25) is 9.59 Å². The molecule has 1 aliphatic carbocycles. The summed E-state index contributed by atoms with van der Waals surface area (Å²) in [4.78, 5) is 38.8. The third kappa shape index (κ3) is 5.24. The van der Waals surface area contributed by atoms with Gasteiger partial charge in [-0.15, -0.1) is 0 Å². The molecular weight excluding hydrogens is 432 g/mol. The molecule has 2 aliphatic rings. The lowest BCUT2D eigenvalue weighted by Gasteiger charge is -2.37. The molecule has 0 radical (unpaired) electrons. The van der Waals surface area contributed by atoms with Crippen LogP contribution in [0, 0.1) is 11.8 Å². The van der Waals surface area contributed by atoms with Gasteiger partial charge in [0.05, 0.1) is 0 Å². The summed E-state index contributed by atoms with van der Waals surface area (Å²) >= 11 is 0. The van der Waals surface area contributed by atoms with Crippen LogP contribution >= 0.6 is 0 Å². The van der Waals surface area contributed by atoms with Gasteiger partial charge in [-0.1, -0.05) is 62.4 Å². The number of carbonyl (C=O) groups is 3. The number of hydrogen-bond acceptors (Lipinski definition) is 4. The van der Waals surface area contributed by atoms with Gasteiger partial charge in [0.2, 0.25) is 5.91 Å². The number of alkyl carbamates (subject to hydrolysis) is 1. The van der Waals surface area contributed by atoms with Gasteiger partial charge >= 0.3 is 12.1 Å². The van der Waals surface area contributed by atoms with E-state index in [2.05, 4.69) is 31.3 Å². The Morgan fingerprint density at radius 2 is 1.56 bits per heavy atom. The number of carboxylic acids is 1. The summed E-state index contributed by atoms with van der Waals surface area (Å²) in [5.74, 6) is -0.611. The quantitative estimate of drug-likeness (QED) is 0.638. The molecule has 2 aromatic carbocycles. The fraction of sp³-hybridized carbons (Fsp3) is 0.444. The molecule has 0 saturated carbocycles. The van der Waals surface area contributed by atoms with E-state index in [1.165, 1.54) is 0 Å². The number of likely N-dealkylation sites (tertiary alicyclic amines) is 1. The van der Waals surface area contributed by atoms with Crippen molar-refractivity contribution in [3.63, 3.8) is 0 Å². The highest BCUT2D eigenvalue weighted by atomic mass is 16.5. The van der Waals surface area contributed by atoms with E-state index in [-0.39, 0.29) is 31.3 Å². The predicted octanol–water partition coefficient (Wildman–Crippen LogP) is 4.26. The molecule has 2 N–H and O–H groups in total. The van der Waals surface area contributed by atoms with Crippen molar-refractivity contribution < 1.29 is 24.2 Å². The van der Waals surface area contributed by atoms with Crippen molar-refractivity contribution in [3.05, 3.63) is 59.7 Å². The second-order valence-corrected chi connectivity index (χ2v) is 9.64. The highest BCUT2D eigenvalue weighted by Crippen LogP contribution is 2.44. The van der Waals surface area contributed by atoms with E-state index in [1.807, 2.05) is 36.4 Å². The number of nitrogens with one attached hydrogen (secondary N) is 1. The molecular formula is C27H32N2O5. The van der Waals surface area contributed by atoms with Crippen molar-refractivity contribution in [2.24, 2.45) is 11.8 Å². The molecule has 3 atom stereocenters. The average molecular weight is 465 g/mol. The fourth-order valence-corrected chi connectivity index (χ4v) is 5.37. The van der Waals surface area contributed by atoms with Crippen LogP contribution in [0.1, 0.15) is 50.2 Å². The van der Waals surface area contributed by atoms with Crippen molar-refractivity contribution in [3.8, 4) is 11.1 Å². The maximum absolute atomic E-state index is 13.2. The molecule has 1 aliphatic heterocycles. The van der Waals surface area contributed by atoms with Crippen LogP contribution in [-0.2, 0) is 14.3 Å². The Morgan fingerprint density at radius 1 is 1.00 bits per heavy atom. The van der Waals surface area contributed by atoms with Crippen molar-refractivity contribution >= 4 is 18.0 Å². The standard InChI is InChI=1S/C27H32N2O5/c1-17-13-18(2)15-29(14-17)26(32)24(11-12-25(30)31)28-27(33)34-16-23-21-9-5-3-7-19(21)20-8-4-6-10-22(20)23/h3-10,17-18,23-24H,11-16H2,1-2H3,(H,28,33)(H,30,31). The van der Waals surface area contributed by atoms with Gasteiger partial charge in [-0.05, 0) is 46.9 Å². The monoisotopic (exact) mass is 464 g/mol. The van der Waals surface area contributed by atoms with Crippen LogP contribution in [0.4, 0.5) is 4.79 Å². The molecule has 7 heteroatoms. The number of nitrogens with zero attached hydrogens (tertiary/aromatic N) is 1. The Bertz CT molecular complexity index is 1010. The minimum absolute atomic E-state index is 0.0254. The van der Waals surface area contributed by atoms with Gasteiger partial charge in [-0.25, -0.2) is 4.79 Å². The maximum Gasteiger partial charge on any atom is 0.407 e. The number of hydrogen-bond donors (Lipinski definition) is 2. The zero-order valence-corrected chi connectivity index (χ0v) is 19.7. The van der Waals surface area contributed by atoms with Crippen molar-refractivity contribution in [1.29, 1.82) is 0 Å². The van der Waals surface area contributed by atoms with Crippen LogP contribution in [-0.4, -0.2) is 53.7 Å². The van der Waals surface area contributed by atoms with Crippen LogP contribution < -0.4 is 5.32 Å². The minimum Gasteiger partial charge on any atom is -0.481 e. The lowest BCUT2D eigenvalue weighted by molar-refractivity contribution is -0.138. The number of piperidine rings is 1. The highest BCUT2D eigenvalue weighted by Gasteiger charge is 2.33. The predicted molar refractivity (Wildman–Crippen MR) is 128 cm³/mol. The second kappa shape index (κ2) is 10.3. The Kier molecular flexibility index (Phi) is 7.20. The smallest absolute Gasteiger partial charge is 0.407 e. The first-order chi connectivity index (χ1) is 16.3. The third-order valence-corrected chi connectivity index (χ3v) is 6.76. The molecule has 0 bridgehead atoms. The normalized spacial score (nSPS) is 20.2. The summed E-state index contributed by atoms with van der Waals surface area (Å²) in [6.45, 7) is 5.55. The first kappa shape index (κ1) is 23.8. The summed E-state index contributed by atoms with van der Waals surface area (Å²) in [6.07, 6.45) is 0.156. The number of rotatable bonds is 7. The summed E-state index contributed by atoms with van der Waals surface area (Å²) in [7, 11) is 0. The van der Waals surface area contributed by atoms with E-state index in [9.17, 15) is 14.4 Å². The van der Waals surface area contributed by atoms with E-state index >= 15 is 0 Å². The number of amides is 2. The first-order valence-electron chi connectivity index (χ1n) is 12.0. The molecule has 7 nitrogen and oxygen atoms in total. The Morgan fingerprint density at radius 3 is 2.12 bits per heavy atom. The Balaban J connectivity index is 1.43. The van der Waals surface area contributed by atoms with E-state index in [0.717, 1.165) is 28.7 Å². The molecule has 1 heterocycles. The number of carbonyl (C=O) groups excluding carboxylic acids is 2. The molecule has 2 aromatic rings. The number of fused-ring (bicyclic) bond motifs is 3. The van der Waals surface area contributed by atoms with E-state index in [0.29, 0.717) is 24.9 Å². The average Bonchev–Trinajstić information content (AvgIpc) is 3.13. The van der Waals surface area contributed by atoms with Gasteiger partial charge in [-0.2, -0.15) is 0 Å². The van der Waals surface area contributed by atoms with Gasteiger partial charge in [0, 0.05) is 25.4 Å². The summed E-state index contributed by atoms with van der Waals surface area (Å²) in [6, 6.07) is 15.2. The van der Waals surface area contributed by atoms with Crippen LogP contribution in [0.25, 0.3) is 11.1 Å². The largest absolute Gasteiger partial charge is 0.481 e. The van der Waals surface area contributed by atoms with Crippen LogP contribution in [0.5, 0.6) is 0 Å². The second-order valence-electron chi connectivity index (χ2n) is 9.64. The molecule has 0 aromatic heterocycles. The van der Waals surface area contributed by atoms with Crippen molar-refractivity contribution in [2.45, 2.75) is 45.1 Å². The number of benzene rings is 2. The van der Waals surface area contributed by atoms with E-state index in [1.54, 1.807) is 4.90 Å². The third-order valence-electron chi connectivity index (χ3n) is 6.76. The van der Waals surface area contributed by atoms with Crippen molar-refractivity contribution in [2.75, 3.05) is 19.7 Å². The van der Waals surface area contributed by atoms with Crippen molar-refractivity contribution in [1.82, 2.24) is 10.2 Å². The molecule has 0 spiro atoms. The number of carboxylic acid groups (broad SMARTS) is 1. The van der Waals surface area contributed by atoms with E-state index in [4.69, 9.17) is 9.84 Å². The lowest BCUT2D eigenvalue weighted by atomic mass is 9.91. The van der Waals surface area contributed by atoms with E-state index < -0.39 is 18.1 Å². The number of aliphatic carboxylic acids is 1. The Hall–Kier alpha value is -3.35. The molecule has 1 saturated heterocycles. The maximum atomic E-state index is 13.2. The molecule has 180 valence electrons. The topological polar surface area (TPSA) is 95.9 Å². The van der Waals surface area contributed by atoms with Gasteiger partial charge in [0.25, 0.3) is 0 Å². The SMILES string of the molecule is CC1CC(C)CN(C(=O)C(CCC(=O)O)NC(=O)OCC2c3ccccc3-c3ccccc32)C1. The van der Waals surface area contributed by atoms with Crippen LogP contribution in [0.3, 0.4) is 0 Å². The summed E-state index contributed by atoms with van der Waals surface area (Å²) < 4.78 is 5.59. The molecule has 2 amide bonds. The van der Waals surface area contributed by atoms with Gasteiger partial charge in [0.15, 0.2) is 0 Å². The molecule has 34 heavy (non-hydrogen) atoms. The molecule has 3 unspecified atom stereocenters. The zero-order chi connectivity index (χ0) is 24.2.